The van der Waals surface area contributed by atoms with Gasteiger partial charge < -0.3 is 21.1 Å². The second kappa shape index (κ2) is 3.61. The van der Waals surface area contributed by atoms with Crippen molar-refractivity contribution in [3.8, 4) is 0 Å². The van der Waals surface area contributed by atoms with Crippen LogP contribution in [0.3, 0.4) is 0 Å². The zero-order chi connectivity index (χ0) is 10.0. The Morgan fingerprint density at radius 2 is 2.08 bits per heavy atom. The Morgan fingerprint density at radius 3 is 2.46 bits per heavy atom. The van der Waals surface area contributed by atoms with Gasteiger partial charge in [-0.25, -0.2) is 4.79 Å². The van der Waals surface area contributed by atoms with Gasteiger partial charge in [-0.15, -0.1) is 0 Å². The predicted molar refractivity (Wildman–Crippen MR) is 44.6 cm³/mol. The highest BCUT2D eigenvalue weighted by atomic mass is 16.5. The van der Waals surface area contributed by atoms with E-state index in [1.54, 1.807) is 0 Å². The summed E-state index contributed by atoms with van der Waals surface area (Å²) in [6.07, 6.45) is -0.473. The summed E-state index contributed by atoms with van der Waals surface area (Å²) in [5.74, 6) is -0.932. The lowest BCUT2D eigenvalue weighted by atomic mass is 10.1. The Morgan fingerprint density at radius 1 is 1.46 bits per heavy atom. The molecule has 74 valence electrons. The zero-order valence-corrected chi connectivity index (χ0v) is 7.40. The number of rotatable bonds is 1. The van der Waals surface area contributed by atoms with Gasteiger partial charge in [-0.2, -0.15) is 0 Å². The highest BCUT2D eigenvalue weighted by molar-refractivity contribution is 5.79. The summed E-state index contributed by atoms with van der Waals surface area (Å²) in [5.41, 5.74) is 10.7. The number of methoxy groups -OCH3 is 1. The largest absolute Gasteiger partial charge is 0.453 e. The Balaban J connectivity index is 2.59. The lowest BCUT2D eigenvalue weighted by Crippen LogP contribution is -2.37. The molecule has 1 rings (SSSR count). The van der Waals surface area contributed by atoms with Crippen LogP contribution in [0.25, 0.3) is 0 Å². The van der Waals surface area contributed by atoms with Gasteiger partial charge in [-0.1, -0.05) is 0 Å². The van der Waals surface area contributed by atoms with E-state index in [2.05, 4.69) is 4.74 Å². The molecule has 0 aliphatic carbocycles. The topological polar surface area (TPSA) is 98.7 Å². The van der Waals surface area contributed by atoms with Crippen molar-refractivity contribution >= 4 is 12.0 Å². The first-order chi connectivity index (χ1) is 6.06. The normalized spacial score (nSPS) is 27.4. The van der Waals surface area contributed by atoms with Crippen molar-refractivity contribution in [1.82, 2.24) is 4.90 Å². The van der Waals surface area contributed by atoms with Crippen molar-refractivity contribution in [2.75, 3.05) is 20.2 Å². The fraction of sp³-hybridized carbons (Fsp3) is 0.714. The lowest BCUT2D eigenvalue weighted by molar-refractivity contribution is -0.121. The van der Waals surface area contributed by atoms with Crippen LogP contribution in [0.15, 0.2) is 0 Å². The van der Waals surface area contributed by atoms with E-state index in [0.29, 0.717) is 6.54 Å². The van der Waals surface area contributed by atoms with Crippen LogP contribution in [0.2, 0.25) is 0 Å². The van der Waals surface area contributed by atoms with E-state index in [-0.39, 0.29) is 12.6 Å². The highest BCUT2D eigenvalue weighted by Gasteiger charge is 2.36. The number of carbonyl (C=O) groups excluding carboxylic acids is 2. The molecule has 1 aliphatic heterocycles. The van der Waals surface area contributed by atoms with Gasteiger partial charge in [0.25, 0.3) is 0 Å². The van der Waals surface area contributed by atoms with Crippen LogP contribution in [0.1, 0.15) is 0 Å². The summed E-state index contributed by atoms with van der Waals surface area (Å²) in [6, 6.07) is -0.378. The van der Waals surface area contributed by atoms with Crippen LogP contribution in [-0.2, 0) is 9.53 Å². The van der Waals surface area contributed by atoms with Crippen LogP contribution in [0.5, 0.6) is 0 Å². The standard InChI is InChI=1S/C7H13N3O3/c1-13-7(12)10-2-4(6(9)11)5(8)3-10/h4-5H,2-3,8H2,1H3,(H2,9,11). The molecule has 0 radical (unpaired) electrons. The van der Waals surface area contributed by atoms with Crippen LogP contribution in [0.4, 0.5) is 4.79 Å². The third kappa shape index (κ3) is 1.89. The van der Waals surface area contributed by atoms with E-state index < -0.39 is 17.9 Å². The average Bonchev–Trinajstić information content (AvgIpc) is 2.46. The molecule has 4 N–H and O–H groups in total. The van der Waals surface area contributed by atoms with Crippen LogP contribution < -0.4 is 11.5 Å². The number of nitrogens with zero attached hydrogens (tertiary/aromatic N) is 1. The Labute approximate surface area is 75.8 Å². The van der Waals surface area contributed by atoms with E-state index >= 15 is 0 Å². The fourth-order valence-corrected chi connectivity index (χ4v) is 1.41. The third-order valence-corrected chi connectivity index (χ3v) is 2.16. The molecule has 1 fully saturated rings. The molecule has 2 atom stereocenters. The maximum atomic E-state index is 11.0. The second-order valence-electron chi connectivity index (χ2n) is 3.05. The molecular formula is C7H13N3O3. The smallest absolute Gasteiger partial charge is 0.409 e. The van der Waals surface area contributed by atoms with Gasteiger partial charge in [0.1, 0.15) is 0 Å². The van der Waals surface area contributed by atoms with Gasteiger partial charge in [0, 0.05) is 19.1 Å². The number of hydrogen-bond donors (Lipinski definition) is 2. The summed E-state index contributed by atoms with van der Waals surface area (Å²) in [4.78, 5) is 23.2. The number of nitrogens with two attached hydrogens (primary N) is 2. The van der Waals surface area contributed by atoms with Gasteiger partial charge in [0.05, 0.1) is 13.0 Å². The Hall–Kier alpha value is -1.30. The van der Waals surface area contributed by atoms with Gasteiger partial charge in [-0.05, 0) is 0 Å². The van der Waals surface area contributed by atoms with Crippen molar-refractivity contribution in [2.45, 2.75) is 6.04 Å². The van der Waals surface area contributed by atoms with Crippen LogP contribution >= 0.6 is 0 Å². The number of carbonyl (C=O) groups is 2. The van der Waals surface area contributed by atoms with Gasteiger partial charge in [0.2, 0.25) is 5.91 Å². The maximum absolute atomic E-state index is 11.0. The molecule has 0 saturated carbocycles. The quantitative estimate of drug-likeness (QED) is 0.521. The summed E-state index contributed by atoms with van der Waals surface area (Å²) < 4.78 is 4.49. The molecular weight excluding hydrogens is 174 g/mol. The van der Waals surface area contributed by atoms with E-state index in [1.165, 1.54) is 12.0 Å². The lowest BCUT2D eigenvalue weighted by Gasteiger charge is -2.12. The molecule has 6 heteroatoms. The number of amides is 2. The van der Waals surface area contributed by atoms with Crippen LogP contribution in [0, 0.1) is 5.92 Å². The van der Waals surface area contributed by atoms with Crippen molar-refractivity contribution in [2.24, 2.45) is 17.4 Å². The summed E-state index contributed by atoms with van der Waals surface area (Å²) in [5, 5.41) is 0. The summed E-state index contributed by atoms with van der Waals surface area (Å²) in [7, 11) is 1.28. The molecule has 0 aromatic carbocycles. The first-order valence-corrected chi connectivity index (χ1v) is 3.94. The molecule has 1 heterocycles. The molecule has 0 aromatic rings. The maximum Gasteiger partial charge on any atom is 0.409 e. The van der Waals surface area contributed by atoms with Crippen LogP contribution in [-0.4, -0.2) is 43.1 Å². The first-order valence-electron chi connectivity index (χ1n) is 3.94. The number of primary amides is 1. The Bertz CT molecular complexity index is 231. The molecule has 0 spiro atoms. The monoisotopic (exact) mass is 187 g/mol. The first kappa shape index (κ1) is 9.79. The highest BCUT2D eigenvalue weighted by Crippen LogP contribution is 2.15. The second-order valence-corrected chi connectivity index (χ2v) is 3.05. The summed E-state index contributed by atoms with van der Waals surface area (Å²) >= 11 is 0. The molecule has 6 nitrogen and oxygen atoms in total. The molecule has 0 bridgehead atoms. The van der Waals surface area contributed by atoms with Crippen molar-refractivity contribution < 1.29 is 14.3 Å². The van der Waals surface area contributed by atoms with E-state index in [4.69, 9.17) is 11.5 Å². The summed E-state index contributed by atoms with van der Waals surface area (Å²) in [6.45, 7) is 0.573. The number of likely N-dealkylation sites (tertiary alicyclic amines) is 1. The number of hydrogen-bond acceptors (Lipinski definition) is 4. The minimum absolute atomic E-state index is 0.253. The molecule has 0 aromatic heterocycles. The SMILES string of the molecule is COC(=O)N1CC(N)C(C(N)=O)C1. The van der Waals surface area contributed by atoms with Gasteiger partial charge in [0.15, 0.2) is 0 Å². The van der Waals surface area contributed by atoms with E-state index in [1.807, 2.05) is 0 Å². The van der Waals surface area contributed by atoms with Crippen molar-refractivity contribution in [1.29, 1.82) is 0 Å². The minimum atomic E-state index is -0.473. The predicted octanol–water partition coefficient (Wildman–Crippen LogP) is -1.50. The van der Waals surface area contributed by atoms with E-state index in [0.717, 1.165) is 0 Å². The molecule has 2 amide bonds. The van der Waals surface area contributed by atoms with Crippen molar-refractivity contribution in [3.63, 3.8) is 0 Å². The third-order valence-electron chi connectivity index (χ3n) is 2.16. The zero-order valence-electron chi connectivity index (χ0n) is 7.40. The molecule has 2 unspecified atom stereocenters. The Kier molecular flexibility index (Phi) is 2.72. The van der Waals surface area contributed by atoms with Gasteiger partial charge in [-0.3, -0.25) is 4.79 Å². The number of ether oxygens (including phenoxy) is 1. The fourth-order valence-electron chi connectivity index (χ4n) is 1.41. The van der Waals surface area contributed by atoms with Gasteiger partial charge >= 0.3 is 6.09 Å². The average molecular weight is 187 g/mol. The van der Waals surface area contributed by atoms with E-state index in [9.17, 15) is 9.59 Å². The van der Waals surface area contributed by atoms with Crippen molar-refractivity contribution in [3.05, 3.63) is 0 Å². The molecule has 13 heavy (non-hydrogen) atoms. The molecule has 1 saturated heterocycles. The molecule has 1 aliphatic rings. The minimum Gasteiger partial charge on any atom is -0.453 e.